The van der Waals surface area contributed by atoms with Gasteiger partial charge in [-0.3, -0.25) is 9.59 Å². The molecule has 0 aliphatic rings. The van der Waals surface area contributed by atoms with Crippen LogP contribution in [0.5, 0.6) is 0 Å². The number of aliphatic hydroxyl groups excluding tert-OH is 1. The molecule has 6 heteroatoms. The third-order valence-electron chi connectivity index (χ3n) is 6.74. The number of nitrogens with zero attached hydrogens (tertiary/aromatic N) is 1. The lowest BCUT2D eigenvalue weighted by Gasteiger charge is -2.25. The van der Waals surface area contributed by atoms with E-state index in [0.29, 0.717) is 37.2 Å². The van der Waals surface area contributed by atoms with Gasteiger partial charge in [0, 0.05) is 30.8 Å². The second-order valence-corrected chi connectivity index (χ2v) is 10.0. The van der Waals surface area contributed by atoms with Gasteiger partial charge in [-0.2, -0.15) is 0 Å². The molecule has 0 unspecified atom stereocenters. The summed E-state index contributed by atoms with van der Waals surface area (Å²) >= 11 is 0. The van der Waals surface area contributed by atoms with Gasteiger partial charge in [0.25, 0.3) is 11.8 Å². The van der Waals surface area contributed by atoms with Crippen molar-refractivity contribution in [1.29, 1.82) is 0 Å². The van der Waals surface area contributed by atoms with Crippen LogP contribution in [0.15, 0.2) is 84.9 Å². The molecule has 0 aliphatic heterocycles. The van der Waals surface area contributed by atoms with E-state index in [-0.39, 0.29) is 11.8 Å². The normalized spacial score (nSPS) is 12.5. The predicted molar refractivity (Wildman–Crippen MR) is 158 cm³/mol. The molecule has 0 heterocycles. The van der Waals surface area contributed by atoms with Gasteiger partial charge in [0.15, 0.2) is 0 Å². The van der Waals surface area contributed by atoms with Crippen LogP contribution in [0.25, 0.3) is 0 Å². The Kier molecular flexibility index (Phi) is 12.7. The Morgan fingerprint density at radius 2 is 1.44 bits per heavy atom. The summed E-state index contributed by atoms with van der Waals surface area (Å²) in [6.45, 7) is 6.62. The summed E-state index contributed by atoms with van der Waals surface area (Å²) in [6, 6.07) is 26.6. The molecule has 6 nitrogen and oxygen atoms in total. The van der Waals surface area contributed by atoms with Crippen LogP contribution < -0.4 is 10.6 Å². The number of nitrogens with one attached hydrogen (secondary N) is 2. The first kappa shape index (κ1) is 30.1. The highest BCUT2D eigenvalue weighted by molar-refractivity contribution is 5.99. The Labute approximate surface area is 233 Å². The van der Waals surface area contributed by atoms with Crippen molar-refractivity contribution < 1.29 is 14.7 Å². The molecule has 0 saturated heterocycles. The Hall–Kier alpha value is -3.48. The summed E-state index contributed by atoms with van der Waals surface area (Å²) in [4.78, 5) is 28.2. The molecule has 0 aliphatic carbocycles. The summed E-state index contributed by atoms with van der Waals surface area (Å²) < 4.78 is 0. The Balaban J connectivity index is 1.64. The van der Waals surface area contributed by atoms with Crippen molar-refractivity contribution in [3.8, 4) is 0 Å². The molecule has 3 aromatic carbocycles. The lowest BCUT2D eigenvalue weighted by Crippen LogP contribution is -2.49. The van der Waals surface area contributed by atoms with Gasteiger partial charge in [-0.05, 0) is 68.0 Å². The molecular weight excluding hydrogens is 486 g/mol. The second kappa shape index (κ2) is 16.5. The van der Waals surface area contributed by atoms with E-state index in [9.17, 15) is 14.7 Å². The zero-order chi connectivity index (χ0) is 27.9. The van der Waals surface area contributed by atoms with Gasteiger partial charge >= 0.3 is 0 Å². The third kappa shape index (κ3) is 9.97. The van der Waals surface area contributed by atoms with Crippen LogP contribution in [-0.2, 0) is 12.8 Å². The molecule has 0 fully saturated rings. The second-order valence-electron chi connectivity index (χ2n) is 10.0. The average Bonchev–Trinajstić information content (AvgIpc) is 2.97. The number of rotatable bonds is 16. The lowest BCUT2D eigenvalue weighted by molar-refractivity contribution is 0.0755. The third-order valence-corrected chi connectivity index (χ3v) is 6.74. The van der Waals surface area contributed by atoms with Crippen LogP contribution >= 0.6 is 0 Å². The van der Waals surface area contributed by atoms with Crippen molar-refractivity contribution in [1.82, 2.24) is 15.5 Å². The highest BCUT2D eigenvalue weighted by Gasteiger charge is 2.23. The van der Waals surface area contributed by atoms with E-state index in [1.165, 1.54) is 5.56 Å². The maximum atomic E-state index is 13.3. The van der Waals surface area contributed by atoms with E-state index in [1.54, 1.807) is 24.3 Å². The molecule has 208 valence electrons. The maximum Gasteiger partial charge on any atom is 0.253 e. The Morgan fingerprint density at radius 1 is 0.821 bits per heavy atom. The molecule has 2 atom stereocenters. The minimum absolute atomic E-state index is 0.0612. The molecule has 3 aromatic rings. The highest BCUT2D eigenvalue weighted by Crippen LogP contribution is 2.12. The number of aliphatic hydroxyl groups is 1. The van der Waals surface area contributed by atoms with Gasteiger partial charge in [0.2, 0.25) is 0 Å². The highest BCUT2D eigenvalue weighted by atomic mass is 16.3. The first-order valence-electron chi connectivity index (χ1n) is 14.2. The molecule has 0 radical (unpaired) electrons. The van der Waals surface area contributed by atoms with Crippen molar-refractivity contribution >= 4 is 11.8 Å². The molecule has 0 aromatic heterocycles. The van der Waals surface area contributed by atoms with Crippen molar-refractivity contribution in [2.24, 2.45) is 0 Å². The van der Waals surface area contributed by atoms with Gasteiger partial charge in [0.1, 0.15) is 0 Å². The Morgan fingerprint density at radius 3 is 2.08 bits per heavy atom. The van der Waals surface area contributed by atoms with E-state index in [0.717, 1.165) is 37.8 Å². The molecule has 0 bridgehead atoms. The summed E-state index contributed by atoms with van der Waals surface area (Å²) in [5.74, 6) is -0.361. The van der Waals surface area contributed by atoms with Gasteiger partial charge in [0.05, 0.1) is 12.1 Å². The molecule has 3 N–H and O–H groups in total. The quantitative estimate of drug-likeness (QED) is 0.231. The van der Waals surface area contributed by atoms with Gasteiger partial charge in [-0.15, -0.1) is 0 Å². The fraction of sp³-hybridized carbons (Fsp3) is 0.394. The molecule has 3 rings (SSSR count). The summed E-state index contributed by atoms with van der Waals surface area (Å²) in [5.41, 5.74) is 3.24. The largest absolute Gasteiger partial charge is 0.390 e. The number of hydrogen-bond donors (Lipinski definition) is 3. The van der Waals surface area contributed by atoms with Crippen LogP contribution in [0.2, 0.25) is 0 Å². The van der Waals surface area contributed by atoms with E-state index in [1.807, 2.05) is 53.4 Å². The number of aryl methyl sites for hydroxylation is 1. The van der Waals surface area contributed by atoms with Crippen molar-refractivity contribution in [2.75, 3.05) is 26.2 Å². The lowest BCUT2D eigenvalue weighted by atomic mass is 10.00. The number of carbonyl (C=O) groups is 2. The fourth-order valence-electron chi connectivity index (χ4n) is 4.69. The monoisotopic (exact) mass is 529 g/mol. The molecule has 39 heavy (non-hydrogen) atoms. The summed E-state index contributed by atoms with van der Waals surface area (Å²) in [7, 11) is 0. The zero-order valence-electron chi connectivity index (χ0n) is 23.3. The number of amides is 2. The van der Waals surface area contributed by atoms with E-state index in [2.05, 4.69) is 36.6 Å². The molecule has 0 saturated carbocycles. The van der Waals surface area contributed by atoms with Crippen LogP contribution in [0, 0.1) is 0 Å². The van der Waals surface area contributed by atoms with Gasteiger partial charge in [-0.1, -0.05) is 80.6 Å². The zero-order valence-corrected chi connectivity index (χ0v) is 23.3. The van der Waals surface area contributed by atoms with E-state index >= 15 is 0 Å². The first-order chi connectivity index (χ1) is 19.0. The SMILES string of the molecule is CCCN(CCC)C(=O)c1cccc(C(=O)N[C@@H](Cc2ccccc2)[C@@H](O)CNCCCc2ccccc2)c1. The van der Waals surface area contributed by atoms with E-state index in [4.69, 9.17) is 0 Å². The van der Waals surface area contributed by atoms with Crippen LogP contribution in [0.3, 0.4) is 0 Å². The molecule has 2 amide bonds. The molecule has 0 spiro atoms. The minimum atomic E-state index is -0.778. The van der Waals surface area contributed by atoms with Crippen molar-refractivity contribution in [3.05, 3.63) is 107 Å². The number of benzene rings is 3. The molecular formula is C33H43N3O3. The van der Waals surface area contributed by atoms with Gasteiger partial charge < -0.3 is 20.6 Å². The van der Waals surface area contributed by atoms with Gasteiger partial charge in [-0.25, -0.2) is 0 Å². The topological polar surface area (TPSA) is 81.7 Å². The smallest absolute Gasteiger partial charge is 0.253 e. The van der Waals surface area contributed by atoms with E-state index < -0.39 is 12.1 Å². The minimum Gasteiger partial charge on any atom is -0.390 e. The summed E-state index contributed by atoms with van der Waals surface area (Å²) in [6.07, 6.45) is 3.41. The van der Waals surface area contributed by atoms with Crippen LogP contribution in [0.1, 0.15) is 65.0 Å². The van der Waals surface area contributed by atoms with Crippen molar-refractivity contribution in [2.45, 2.75) is 58.1 Å². The Bertz CT molecular complexity index is 1130. The van der Waals surface area contributed by atoms with Crippen LogP contribution in [0.4, 0.5) is 0 Å². The van der Waals surface area contributed by atoms with Crippen LogP contribution in [-0.4, -0.2) is 60.1 Å². The maximum absolute atomic E-state index is 13.3. The van der Waals surface area contributed by atoms with Crippen molar-refractivity contribution in [3.63, 3.8) is 0 Å². The fourth-order valence-corrected chi connectivity index (χ4v) is 4.69. The first-order valence-corrected chi connectivity index (χ1v) is 14.2. The standard InChI is InChI=1S/C33H43N3O3/c1-3-21-36(22-4-2)33(39)29-19-11-18-28(24-29)32(38)35-30(23-27-15-9-6-10-16-27)31(37)25-34-20-12-17-26-13-7-5-8-14-26/h5-11,13-16,18-19,24,30-31,34,37H,3-4,12,17,20-23,25H2,1-2H3,(H,35,38)/t30-,31-/m0/s1. The predicted octanol–water partition coefficient (Wildman–Crippen LogP) is 4.87. The number of hydrogen-bond acceptors (Lipinski definition) is 4. The summed E-state index contributed by atoms with van der Waals surface area (Å²) in [5, 5.41) is 17.5. The average molecular weight is 530 g/mol. The number of carbonyl (C=O) groups excluding carboxylic acids is 2.